The number of benzene rings is 1. The summed E-state index contributed by atoms with van der Waals surface area (Å²) >= 11 is 6.86. The minimum absolute atomic E-state index is 0.116. The van der Waals surface area contributed by atoms with E-state index in [0.29, 0.717) is 0 Å². The molecule has 1 nitrogen and oxygen atoms in total. The van der Waals surface area contributed by atoms with Crippen LogP contribution < -0.4 is 0 Å². The number of furan rings is 1. The number of aryl methyl sites for hydroxylation is 4. The lowest BCUT2D eigenvalue weighted by Gasteiger charge is -2.20. The second-order valence-corrected chi connectivity index (χ2v) is 5.84. The molecule has 0 saturated heterocycles. The van der Waals surface area contributed by atoms with Crippen molar-refractivity contribution in [3.8, 4) is 0 Å². The lowest BCUT2D eigenvalue weighted by Crippen LogP contribution is -2.06. The van der Waals surface area contributed by atoms with Crippen LogP contribution >= 0.6 is 11.6 Å². The van der Waals surface area contributed by atoms with E-state index in [-0.39, 0.29) is 5.38 Å². The lowest BCUT2D eigenvalue weighted by molar-refractivity contribution is 0.511. The predicted molar refractivity (Wildman–Crippen MR) is 90.4 cm³/mol. The number of alkyl halides is 1. The molecule has 0 fully saturated rings. The summed E-state index contributed by atoms with van der Waals surface area (Å²) in [6.45, 7) is 8.72. The van der Waals surface area contributed by atoms with Gasteiger partial charge in [0, 0.05) is 12.0 Å². The van der Waals surface area contributed by atoms with E-state index in [4.69, 9.17) is 16.0 Å². The molecule has 0 saturated carbocycles. The van der Waals surface area contributed by atoms with Gasteiger partial charge in [0.05, 0.1) is 11.6 Å². The molecule has 114 valence electrons. The van der Waals surface area contributed by atoms with Crippen molar-refractivity contribution in [2.45, 2.75) is 58.8 Å². The first-order valence-corrected chi connectivity index (χ1v) is 8.44. The first-order chi connectivity index (χ1) is 10.2. The van der Waals surface area contributed by atoms with Gasteiger partial charge in [-0.2, -0.15) is 0 Å². The third-order valence-corrected chi connectivity index (χ3v) is 4.66. The van der Waals surface area contributed by atoms with Crippen molar-refractivity contribution < 1.29 is 4.42 Å². The van der Waals surface area contributed by atoms with Crippen LogP contribution in [0, 0.1) is 0 Å². The topological polar surface area (TPSA) is 13.1 Å². The van der Waals surface area contributed by atoms with Gasteiger partial charge in [-0.1, -0.05) is 39.8 Å². The van der Waals surface area contributed by atoms with Crippen LogP contribution in [0.5, 0.6) is 0 Å². The van der Waals surface area contributed by atoms with Crippen molar-refractivity contribution in [1.82, 2.24) is 0 Å². The van der Waals surface area contributed by atoms with E-state index in [1.54, 1.807) is 6.26 Å². The number of hydrogen-bond donors (Lipinski definition) is 0. The maximum atomic E-state index is 6.86. The Bertz CT molecular complexity index is 572. The minimum Gasteiger partial charge on any atom is -0.469 e. The number of hydrogen-bond acceptors (Lipinski definition) is 1. The highest BCUT2D eigenvalue weighted by molar-refractivity contribution is 6.23. The Morgan fingerprint density at radius 2 is 1.57 bits per heavy atom. The molecule has 2 rings (SSSR count). The van der Waals surface area contributed by atoms with Crippen LogP contribution in [0.2, 0.25) is 0 Å². The monoisotopic (exact) mass is 304 g/mol. The van der Waals surface area contributed by atoms with E-state index in [9.17, 15) is 0 Å². The Balaban J connectivity index is 2.56. The van der Waals surface area contributed by atoms with Gasteiger partial charge in [-0.25, -0.2) is 0 Å². The summed E-state index contributed by atoms with van der Waals surface area (Å²) < 4.78 is 5.56. The van der Waals surface area contributed by atoms with Gasteiger partial charge in [0.15, 0.2) is 0 Å². The molecule has 2 heteroatoms. The molecule has 1 atom stereocenters. The van der Waals surface area contributed by atoms with Gasteiger partial charge in [-0.15, -0.1) is 11.6 Å². The highest BCUT2D eigenvalue weighted by Gasteiger charge is 2.22. The average Bonchev–Trinajstić information content (AvgIpc) is 3.01. The molecule has 0 aliphatic carbocycles. The van der Waals surface area contributed by atoms with Crippen LogP contribution in [-0.2, 0) is 25.7 Å². The number of rotatable bonds is 6. The van der Waals surface area contributed by atoms with Gasteiger partial charge < -0.3 is 4.42 Å². The first kappa shape index (κ1) is 16.2. The average molecular weight is 305 g/mol. The summed E-state index contributed by atoms with van der Waals surface area (Å²) in [5.41, 5.74) is 6.55. The van der Waals surface area contributed by atoms with Crippen LogP contribution in [0.15, 0.2) is 28.9 Å². The van der Waals surface area contributed by atoms with Crippen LogP contribution in [0.3, 0.4) is 0 Å². The molecule has 1 aromatic carbocycles. The zero-order chi connectivity index (χ0) is 15.4. The lowest BCUT2D eigenvalue weighted by atomic mass is 9.89. The Hall–Kier alpha value is -1.21. The van der Waals surface area contributed by atoms with E-state index >= 15 is 0 Å². The maximum Gasteiger partial charge on any atom is 0.108 e. The summed E-state index contributed by atoms with van der Waals surface area (Å²) in [5.74, 6) is 0.999. The molecule has 0 N–H and O–H groups in total. The molecule has 0 bridgehead atoms. The highest BCUT2D eigenvalue weighted by Crippen LogP contribution is 2.37. The van der Waals surface area contributed by atoms with Crippen molar-refractivity contribution in [3.63, 3.8) is 0 Å². The minimum atomic E-state index is -0.116. The molecule has 0 spiro atoms. The second kappa shape index (κ2) is 7.17. The van der Waals surface area contributed by atoms with Crippen molar-refractivity contribution in [2.75, 3.05) is 0 Å². The van der Waals surface area contributed by atoms with E-state index in [0.717, 1.165) is 37.0 Å². The maximum absolute atomic E-state index is 6.86. The van der Waals surface area contributed by atoms with Crippen LogP contribution in [0.1, 0.15) is 66.6 Å². The van der Waals surface area contributed by atoms with Gasteiger partial charge in [-0.3, -0.25) is 0 Å². The molecule has 0 radical (unpaired) electrons. The molecule has 0 aliphatic rings. The SMILES string of the molecule is CCc1cc(CC)c(C(Cl)c2ccoc2CC)c(CC)c1. The molecule has 0 aliphatic heterocycles. The molecule has 21 heavy (non-hydrogen) atoms. The predicted octanol–water partition coefficient (Wildman–Crippen LogP) is 5.86. The highest BCUT2D eigenvalue weighted by atomic mass is 35.5. The van der Waals surface area contributed by atoms with Gasteiger partial charge in [0.25, 0.3) is 0 Å². The third-order valence-electron chi connectivity index (χ3n) is 4.21. The fourth-order valence-electron chi connectivity index (χ4n) is 2.98. The van der Waals surface area contributed by atoms with Gasteiger partial charge in [-0.05, 0) is 47.6 Å². The molecule has 0 amide bonds. The Kier molecular flexibility index (Phi) is 5.52. The zero-order valence-electron chi connectivity index (χ0n) is 13.5. The molecular weight excluding hydrogens is 280 g/mol. The molecule has 1 aromatic heterocycles. The quantitative estimate of drug-likeness (QED) is 0.609. The zero-order valence-corrected chi connectivity index (χ0v) is 14.3. The first-order valence-electron chi connectivity index (χ1n) is 8.00. The molecule has 1 unspecified atom stereocenters. The number of halogens is 1. The van der Waals surface area contributed by atoms with Gasteiger partial charge in [0.1, 0.15) is 5.76 Å². The van der Waals surface area contributed by atoms with Crippen molar-refractivity contribution in [1.29, 1.82) is 0 Å². The largest absolute Gasteiger partial charge is 0.469 e. The van der Waals surface area contributed by atoms with E-state index in [1.807, 2.05) is 6.07 Å². The fraction of sp³-hybridized carbons (Fsp3) is 0.474. The summed E-state index contributed by atoms with van der Waals surface area (Å²) in [4.78, 5) is 0. The van der Waals surface area contributed by atoms with Gasteiger partial charge in [0.2, 0.25) is 0 Å². The smallest absolute Gasteiger partial charge is 0.108 e. The van der Waals surface area contributed by atoms with Crippen molar-refractivity contribution in [2.24, 2.45) is 0 Å². The molecular formula is C19H25ClO. The van der Waals surface area contributed by atoms with Crippen LogP contribution in [0.4, 0.5) is 0 Å². The van der Waals surface area contributed by atoms with Crippen molar-refractivity contribution >= 4 is 11.6 Å². The van der Waals surface area contributed by atoms with Crippen molar-refractivity contribution in [3.05, 3.63) is 58.0 Å². The Morgan fingerprint density at radius 1 is 0.952 bits per heavy atom. The normalized spacial score (nSPS) is 12.6. The van der Waals surface area contributed by atoms with E-state index in [1.165, 1.54) is 22.3 Å². The van der Waals surface area contributed by atoms with Gasteiger partial charge >= 0.3 is 0 Å². The van der Waals surface area contributed by atoms with Crippen LogP contribution in [-0.4, -0.2) is 0 Å². The van der Waals surface area contributed by atoms with Crippen LogP contribution in [0.25, 0.3) is 0 Å². The Labute approximate surface area is 133 Å². The third kappa shape index (κ3) is 3.18. The summed E-state index contributed by atoms with van der Waals surface area (Å²) in [5, 5.41) is -0.116. The molecule has 2 aromatic rings. The van der Waals surface area contributed by atoms with E-state index < -0.39 is 0 Å². The molecule has 1 heterocycles. The second-order valence-electron chi connectivity index (χ2n) is 5.40. The Morgan fingerprint density at radius 3 is 2.05 bits per heavy atom. The van der Waals surface area contributed by atoms with E-state index in [2.05, 4.69) is 39.8 Å². The summed E-state index contributed by atoms with van der Waals surface area (Å²) in [6, 6.07) is 6.65. The fourth-order valence-corrected chi connectivity index (χ4v) is 3.46. The summed E-state index contributed by atoms with van der Waals surface area (Å²) in [7, 11) is 0. The standard InChI is InChI=1S/C19H25ClO/c1-5-13-11-14(6-2)18(15(7-3)12-13)19(20)16-9-10-21-17(16)8-4/h9-12,19H,5-8H2,1-4H3. The summed E-state index contributed by atoms with van der Waals surface area (Å²) in [6.07, 6.45) is 5.72.